The van der Waals surface area contributed by atoms with Crippen LogP contribution in [0.15, 0.2) is 65.6 Å². The van der Waals surface area contributed by atoms with E-state index in [2.05, 4.69) is 43.0 Å². The van der Waals surface area contributed by atoms with Crippen LogP contribution in [0.2, 0.25) is 0 Å². The number of nitrogens with zero attached hydrogens (tertiary/aromatic N) is 1. The van der Waals surface area contributed by atoms with E-state index in [0.29, 0.717) is 23.2 Å². The molecule has 0 aromatic heterocycles. The summed E-state index contributed by atoms with van der Waals surface area (Å²) < 4.78 is 26.7. The first kappa shape index (κ1) is 19.1. The zero-order valence-corrected chi connectivity index (χ0v) is 16.5. The number of likely N-dealkylation sites (tertiary alicyclic amines) is 1. The molecule has 1 aliphatic heterocycles. The molecule has 2 unspecified atom stereocenters. The van der Waals surface area contributed by atoms with Gasteiger partial charge in [-0.2, -0.15) is 0 Å². The van der Waals surface area contributed by atoms with Gasteiger partial charge in [0.25, 0.3) is 0 Å². The quantitative estimate of drug-likeness (QED) is 0.707. The lowest BCUT2D eigenvalue weighted by molar-refractivity contribution is 0.277. The molecule has 3 rings (SSSR count). The van der Waals surface area contributed by atoms with Crippen LogP contribution in [0.1, 0.15) is 44.6 Å². The minimum atomic E-state index is -3.36. The Kier molecular flexibility index (Phi) is 6.15. The molecule has 2 aromatic carbocycles. The molecule has 0 bridgehead atoms. The van der Waals surface area contributed by atoms with Crippen molar-refractivity contribution in [1.82, 2.24) is 4.90 Å². The highest BCUT2D eigenvalue weighted by Gasteiger charge is 2.37. The lowest BCUT2D eigenvalue weighted by Gasteiger charge is -2.28. The fourth-order valence-corrected chi connectivity index (χ4v) is 5.70. The molecule has 26 heavy (non-hydrogen) atoms. The van der Waals surface area contributed by atoms with E-state index in [0.717, 1.165) is 25.9 Å². The minimum Gasteiger partial charge on any atom is -0.286 e. The molecule has 0 radical (unpaired) electrons. The van der Waals surface area contributed by atoms with Crippen molar-refractivity contribution in [1.29, 1.82) is 0 Å². The second-order valence-electron chi connectivity index (χ2n) is 7.68. The summed E-state index contributed by atoms with van der Waals surface area (Å²) in [6.45, 7) is 5.97. The molecule has 3 nitrogen and oxygen atoms in total. The fourth-order valence-electron chi connectivity index (χ4n) is 3.82. The summed E-state index contributed by atoms with van der Waals surface area (Å²) in [7, 11) is -3.36. The van der Waals surface area contributed by atoms with Crippen LogP contribution in [0.3, 0.4) is 0 Å². The summed E-state index contributed by atoms with van der Waals surface area (Å²) in [4.78, 5) is 2.64. The van der Waals surface area contributed by atoms with Gasteiger partial charge in [0.15, 0.2) is 9.84 Å². The third-order valence-electron chi connectivity index (χ3n) is 5.32. The van der Waals surface area contributed by atoms with Crippen LogP contribution < -0.4 is 0 Å². The van der Waals surface area contributed by atoms with Crippen LogP contribution in [0.5, 0.6) is 0 Å². The topological polar surface area (TPSA) is 37.4 Å². The largest absolute Gasteiger partial charge is 0.286 e. The molecule has 0 aliphatic carbocycles. The van der Waals surface area contributed by atoms with E-state index in [1.54, 1.807) is 12.1 Å². The Morgan fingerprint density at radius 1 is 0.962 bits per heavy atom. The summed E-state index contributed by atoms with van der Waals surface area (Å²) in [6.07, 6.45) is 2.63. The first-order valence-corrected chi connectivity index (χ1v) is 11.1. The molecule has 0 N–H and O–H groups in total. The first-order chi connectivity index (χ1) is 12.5. The lowest BCUT2D eigenvalue weighted by atomic mass is 9.99. The Labute approximate surface area is 158 Å². The predicted octanol–water partition coefficient (Wildman–Crippen LogP) is 4.71. The number of sulfone groups is 1. The highest BCUT2D eigenvalue weighted by Crippen LogP contribution is 2.33. The molecule has 0 spiro atoms. The molecule has 140 valence electrons. The second kappa shape index (κ2) is 8.36. The standard InChI is InChI=1S/C22H29NO2S/c1-18(2)13-14-22(26(24,25)21-11-7-4-8-12-21)23-16-15-20(17-23)19-9-5-3-6-10-19/h3-12,18,20,22H,13-17H2,1-2H3. The summed E-state index contributed by atoms with van der Waals surface area (Å²) in [5.74, 6) is 0.916. The van der Waals surface area contributed by atoms with Gasteiger partial charge in [-0.15, -0.1) is 0 Å². The lowest BCUT2D eigenvalue weighted by Crippen LogP contribution is -2.40. The maximum atomic E-state index is 13.3. The van der Waals surface area contributed by atoms with Gasteiger partial charge in [-0.3, -0.25) is 4.90 Å². The number of benzene rings is 2. The molecule has 4 heteroatoms. The number of rotatable bonds is 7. The molecule has 2 atom stereocenters. The van der Waals surface area contributed by atoms with Gasteiger partial charge in [0.2, 0.25) is 0 Å². The monoisotopic (exact) mass is 371 g/mol. The molecule has 2 aromatic rings. The summed E-state index contributed by atoms with van der Waals surface area (Å²) in [5.41, 5.74) is 1.31. The van der Waals surface area contributed by atoms with Crippen molar-refractivity contribution in [2.24, 2.45) is 5.92 Å². The summed E-state index contributed by atoms with van der Waals surface area (Å²) in [5, 5.41) is -0.430. The van der Waals surface area contributed by atoms with E-state index >= 15 is 0 Å². The van der Waals surface area contributed by atoms with Gasteiger partial charge >= 0.3 is 0 Å². The van der Waals surface area contributed by atoms with Crippen LogP contribution in [-0.4, -0.2) is 31.8 Å². The van der Waals surface area contributed by atoms with E-state index in [1.165, 1.54) is 5.56 Å². The number of hydrogen-bond acceptors (Lipinski definition) is 3. The Morgan fingerprint density at radius 2 is 1.58 bits per heavy atom. The van der Waals surface area contributed by atoms with Gasteiger partial charge < -0.3 is 0 Å². The average Bonchev–Trinajstić information content (AvgIpc) is 3.12. The Hall–Kier alpha value is -1.65. The molecule has 0 saturated carbocycles. The average molecular weight is 372 g/mol. The van der Waals surface area contributed by atoms with E-state index in [4.69, 9.17) is 0 Å². The zero-order valence-electron chi connectivity index (χ0n) is 15.7. The highest BCUT2D eigenvalue weighted by atomic mass is 32.2. The van der Waals surface area contributed by atoms with E-state index in [1.807, 2.05) is 24.3 Å². The van der Waals surface area contributed by atoms with Gasteiger partial charge in [0.1, 0.15) is 5.37 Å². The van der Waals surface area contributed by atoms with Gasteiger partial charge in [-0.1, -0.05) is 62.4 Å². The molecule has 1 aliphatic rings. The molecular weight excluding hydrogens is 342 g/mol. The van der Waals surface area contributed by atoms with Gasteiger partial charge in [-0.25, -0.2) is 8.42 Å². The van der Waals surface area contributed by atoms with E-state index in [9.17, 15) is 8.42 Å². The second-order valence-corrected chi connectivity index (χ2v) is 9.78. The van der Waals surface area contributed by atoms with E-state index < -0.39 is 15.2 Å². The van der Waals surface area contributed by atoms with Crippen molar-refractivity contribution in [2.45, 2.75) is 49.3 Å². The first-order valence-electron chi connectivity index (χ1n) is 9.56. The van der Waals surface area contributed by atoms with Crippen molar-refractivity contribution in [2.75, 3.05) is 13.1 Å². The number of hydrogen-bond donors (Lipinski definition) is 0. The van der Waals surface area contributed by atoms with Crippen LogP contribution in [0.25, 0.3) is 0 Å². The third kappa shape index (κ3) is 4.36. The van der Waals surface area contributed by atoms with Crippen molar-refractivity contribution >= 4 is 9.84 Å². The van der Waals surface area contributed by atoms with Gasteiger partial charge in [0, 0.05) is 13.1 Å². The smallest absolute Gasteiger partial charge is 0.194 e. The van der Waals surface area contributed by atoms with Crippen molar-refractivity contribution in [3.8, 4) is 0 Å². The Morgan fingerprint density at radius 3 is 2.19 bits per heavy atom. The minimum absolute atomic E-state index is 0.420. The highest BCUT2D eigenvalue weighted by molar-refractivity contribution is 7.92. The van der Waals surface area contributed by atoms with Crippen molar-refractivity contribution < 1.29 is 8.42 Å². The normalized spacial score (nSPS) is 19.7. The van der Waals surface area contributed by atoms with Crippen LogP contribution in [0.4, 0.5) is 0 Å². The van der Waals surface area contributed by atoms with E-state index in [-0.39, 0.29) is 0 Å². The van der Waals surface area contributed by atoms with Crippen molar-refractivity contribution in [3.05, 3.63) is 66.2 Å². The van der Waals surface area contributed by atoms with Crippen LogP contribution in [-0.2, 0) is 9.84 Å². The van der Waals surface area contributed by atoms with Gasteiger partial charge in [-0.05, 0) is 48.8 Å². The maximum absolute atomic E-state index is 13.3. The third-order valence-corrected chi connectivity index (χ3v) is 7.50. The summed E-state index contributed by atoms with van der Waals surface area (Å²) >= 11 is 0. The van der Waals surface area contributed by atoms with Gasteiger partial charge in [0.05, 0.1) is 4.90 Å². The molecule has 1 saturated heterocycles. The molecule has 1 fully saturated rings. The van der Waals surface area contributed by atoms with Crippen molar-refractivity contribution in [3.63, 3.8) is 0 Å². The summed E-state index contributed by atoms with van der Waals surface area (Å²) in [6, 6.07) is 19.4. The predicted molar refractivity (Wildman–Crippen MR) is 107 cm³/mol. The SMILES string of the molecule is CC(C)CCC(N1CCC(c2ccccc2)C1)S(=O)(=O)c1ccccc1. The van der Waals surface area contributed by atoms with Crippen LogP contribution in [0, 0.1) is 5.92 Å². The zero-order chi connectivity index (χ0) is 18.6. The molecule has 1 heterocycles. The maximum Gasteiger partial charge on any atom is 0.194 e. The Bertz CT molecular complexity index is 787. The molecular formula is C22H29NO2S. The van der Waals surface area contributed by atoms with Crippen LogP contribution >= 0.6 is 0 Å². The Balaban J connectivity index is 1.83. The molecule has 0 amide bonds. The fraction of sp³-hybridized carbons (Fsp3) is 0.455.